The fraction of sp³-hybridized carbons (Fsp3) is 0.160. The van der Waals surface area contributed by atoms with Gasteiger partial charge in [0.15, 0.2) is 11.0 Å². The van der Waals surface area contributed by atoms with E-state index >= 15 is 0 Å². The quantitative estimate of drug-likeness (QED) is 0.412. The van der Waals surface area contributed by atoms with Crippen molar-refractivity contribution in [2.24, 2.45) is 0 Å². The Bertz CT molecular complexity index is 1520. The molecule has 2 aliphatic heterocycles. The minimum atomic E-state index is -1.64. The zero-order valence-corrected chi connectivity index (χ0v) is 19.1. The van der Waals surface area contributed by atoms with Gasteiger partial charge in [-0.2, -0.15) is 0 Å². The van der Waals surface area contributed by atoms with Gasteiger partial charge in [0.05, 0.1) is 29.4 Å². The summed E-state index contributed by atoms with van der Waals surface area (Å²) in [4.78, 5) is 44.8. The lowest BCUT2D eigenvalue weighted by Crippen LogP contribution is -2.53. The van der Waals surface area contributed by atoms with E-state index < -0.39 is 16.9 Å². The molecule has 33 heavy (non-hydrogen) atoms. The molecule has 6 rings (SSSR count). The topological polar surface area (TPSA) is 84.0 Å². The second-order valence-corrected chi connectivity index (χ2v) is 8.94. The van der Waals surface area contributed by atoms with Crippen molar-refractivity contribution >= 4 is 44.4 Å². The average Bonchev–Trinajstić information content (AvgIpc) is 3.48. The van der Waals surface area contributed by atoms with Crippen molar-refractivity contribution in [3.8, 4) is 0 Å². The molecule has 0 bridgehead atoms. The van der Waals surface area contributed by atoms with E-state index in [-0.39, 0.29) is 29.4 Å². The van der Waals surface area contributed by atoms with E-state index in [2.05, 4.69) is 15.9 Å². The molecule has 2 aromatic heterocycles. The third-order valence-corrected chi connectivity index (χ3v) is 6.90. The minimum absolute atomic E-state index is 0.00708. The monoisotopic (exact) mass is 504 g/mol. The molecule has 0 radical (unpaired) electrons. The number of para-hydroxylation sites is 1. The number of carbonyl (C=O) groups is 2. The van der Waals surface area contributed by atoms with E-state index in [0.717, 1.165) is 0 Å². The number of hydrogen-bond donors (Lipinski definition) is 0. The summed E-state index contributed by atoms with van der Waals surface area (Å²) in [6.07, 6.45) is 1.51. The maximum atomic E-state index is 14.1. The van der Waals surface area contributed by atoms with E-state index in [1.54, 1.807) is 47.4 Å². The zero-order chi connectivity index (χ0) is 22.9. The first-order valence-electron chi connectivity index (χ1n) is 10.5. The molecule has 2 aliphatic rings. The first kappa shape index (κ1) is 20.0. The maximum absolute atomic E-state index is 14.1. The molecule has 0 fully saturated rings. The molecule has 0 saturated heterocycles. The average molecular weight is 505 g/mol. The molecule has 1 atom stereocenters. The van der Waals surface area contributed by atoms with Crippen molar-refractivity contribution in [2.45, 2.75) is 19.0 Å². The van der Waals surface area contributed by atoms with E-state index in [0.29, 0.717) is 33.4 Å². The Morgan fingerprint density at radius 2 is 1.85 bits per heavy atom. The Balaban J connectivity index is 1.74. The number of nitrogens with zero attached hydrogens (tertiary/aromatic N) is 2. The SMILES string of the molecule is CCN1C(=O)C2(c3ccccc31)c1c(oc3ccc(Br)cc3c1=O)C(=O)N2Cc1ccco1. The molecule has 2 amide bonds. The number of hydrogen-bond acceptors (Lipinski definition) is 5. The van der Waals surface area contributed by atoms with E-state index in [9.17, 15) is 14.4 Å². The van der Waals surface area contributed by atoms with Crippen LogP contribution in [0.15, 0.2) is 79.0 Å². The molecular formula is C25H17BrN2O5. The summed E-state index contributed by atoms with van der Waals surface area (Å²) in [6, 6.07) is 15.7. The summed E-state index contributed by atoms with van der Waals surface area (Å²) in [5, 5.41) is 0.301. The van der Waals surface area contributed by atoms with Gasteiger partial charge in [-0.05, 0) is 43.3 Å². The van der Waals surface area contributed by atoms with Gasteiger partial charge in [-0.25, -0.2) is 0 Å². The van der Waals surface area contributed by atoms with Gasteiger partial charge in [-0.1, -0.05) is 34.1 Å². The summed E-state index contributed by atoms with van der Waals surface area (Å²) >= 11 is 3.40. The molecule has 2 aromatic carbocycles. The van der Waals surface area contributed by atoms with E-state index in [1.807, 2.05) is 19.1 Å². The van der Waals surface area contributed by atoms with Crippen LogP contribution in [0.3, 0.4) is 0 Å². The minimum Gasteiger partial charge on any atom is -0.467 e. The van der Waals surface area contributed by atoms with Gasteiger partial charge in [0.2, 0.25) is 5.76 Å². The standard InChI is InChI=1S/C25H17BrN2O5/c1-2-27-18-8-4-3-7-17(18)25(24(27)31)20-21(29)16-12-14(26)9-10-19(16)33-22(20)23(30)28(25)13-15-6-5-11-32-15/h3-12H,2,13H2,1H3. The second kappa shape index (κ2) is 6.92. The van der Waals surface area contributed by atoms with Gasteiger partial charge in [0.25, 0.3) is 11.8 Å². The first-order valence-corrected chi connectivity index (χ1v) is 11.3. The Morgan fingerprint density at radius 1 is 1.03 bits per heavy atom. The Morgan fingerprint density at radius 3 is 2.61 bits per heavy atom. The van der Waals surface area contributed by atoms with Crippen LogP contribution in [0.5, 0.6) is 0 Å². The summed E-state index contributed by atoms with van der Waals surface area (Å²) in [7, 11) is 0. The van der Waals surface area contributed by atoms with Crippen molar-refractivity contribution in [2.75, 3.05) is 11.4 Å². The zero-order valence-electron chi connectivity index (χ0n) is 17.5. The number of amides is 2. The van der Waals surface area contributed by atoms with Crippen molar-refractivity contribution in [1.29, 1.82) is 0 Å². The number of fused-ring (bicyclic) bond motifs is 5. The van der Waals surface area contributed by atoms with Gasteiger partial charge in [-0.3, -0.25) is 14.4 Å². The Labute approximate surface area is 196 Å². The first-order chi connectivity index (χ1) is 16.0. The fourth-order valence-corrected chi connectivity index (χ4v) is 5.42. The number of likely N-dealkylation sites (N-methyl/N-ethyl adjacent to an activating group) is 1. The molecule has 0 N–H and O–H groups in total. The smallest absolute Gasteiger partial charge is 0.291 e. The molecular weight excluding hydrogens is 488 g/mol. The Kier molecular flexibility index (Phi) is 4.19. The van der Waals surface area contributed by atoms with Crippen LogP contribution in [0.1, 0.15) is 34.4 Å². The number of carbonyl (C=O) groups excluding carboxylic acids is 2. The van der Waals surface area contributed by atoms with Crippen molar-refractivity contribution in [3.63, 3.8) is 0 Å². The maximum Gasteiger partial charge on any atom is 0.291 e. The van der Waals surface area contributed by atoms with Gasteiger partial charge in [0, 0.05) is 16.6 Å². The summed E-state index contributed by atoms with van der Waals surface area (Å²) in [5.74, 6) is -0.492. The summed E-state index contributed by atoms with van der Waals surface area (Å²) in [5.41, 5.74) is -0.442. The molecule has 7 nitrogen and oxygen atoms in total. The van der Waals surface area contributed by atoms with Crippen LogP contribution in [0.25, 0.3) is 11.0 Å². The van der Waals surface area contributed by atoms with E-state index in [1.165, 1.54) is 11.2 Å². The highest BCUT2D eigenvalue weighted by atomic mass is 79.9. The predicted octanol–water partition coefficient (Wildman–Crippen LogP) is 4.41. The highest BCUT2D eigenvalue weighted by Gasteiger charge is 2.64. The lowest BCUT2D eigenvalue weighted by atomic mass is 9.84. The fourth-order valence-electron chi connectivity index (χ4n) is 5.06. The number of halogens is 1. The third-order valence-electron chi connectivity index (χ3n) is 6.41. The van der Waals surface area contributed by atoms with Gasteiger partial charge in [0.1, 0.15) is 11.3 Å². The molecule has 0 saturated carbocycles. The normalized spacial score (nSPS) is 19.1. The summed E-state index contributed by atoms with van der Waals surface area (Å²) < 4.78 is 12.2. The number of anilines is 1. The van der Waals surface area contributed by atoms with Gasteiger partial charge < -0.3 is 18.6 Å². The lowest BCUT2D eigenvalue weighted by molar-refractivity contribution is -0.126. The van der Waals surface area contributed by atoms with Crippen molar-refractivity contribution in [1.82, 2.24) is 4.90 Å². The van der Waals surface area contributed by atoms with Crippen LogP contribution >= 0.6 is 15.9 Å². The van der Waals surface area contributed by atoms with Crippen LogP contribution in [-0.2, 0) is 16.9 Å². The van der Waals surface area contributed by atoms with Crippen molar-refractivity contribution < 1.29 is 18.4 Å². The van der Waals surface area contributed by atoms with Crippen LogP contribution in [0, 0.1) is 0 Å². The predicted molar refractivity (Wildman–Crippen MR) is 124 cm³/mol. The van der Waals surface area contributed by atoms with Crippen LogP contribution in [0.2, 0.25) is 0 Å². The molecule has 4 heterocycles. The van der Waals surface area contributed by atoms with E-state index in [4.69, 9.17) is 8.83 Å². The van der Waals surface area contributed by atoms with Crippen LogP contribution < -0.4 is 10.3 Å². The highest BCUT2D eigenvalue weighted by molar-refractivity contribution is 9.10. The third kappa shape index (κ3) is 2.47. The molecule has 164 valence electrons. The number of benzene rings is 2. The summed E-state index contributed by atoms with van der Waals surface area (Å²) in [6.45, 7) is 2.26. The molecule has 1 unspecified atom stereocenters. The van der Waals surface area contributed by atoms with Crippen molar-refractivity contribution in [3.05, 3.63) is 98.2 Å². The highest BCUT2D eigenvalue weighted by Crippen LogP contribution is 2.52. The molecule has 8 heteroatoms. The number of rotatable bonds is 3. The molecule has 1 spiro atoms. The number of furan rings is 1. The van der Waals surface area contributed by atoms with Crippen LogP contribution in [-0.4, -0.2) is 23.3 Å². The largest absolute Gasteiger partial charge is 0.467 e. The van der Waals surface area contributed by atoms with Gasteiger partial charge >= 0.3 is 0 Å². The second-order valence-electron chi connectivity index (χ2n) is 8.02. The van der Waals surface area contributed by atoms with Gasteiger partial charge in [-0.15, -0.1) is 0 Å². The van der Waals surface area contributed by atoms with Crippen LogP contribution in [0.4, 0.5) is 5.69 Å². The lowest BCUT2D eigenvalue weighted by Gasteiger charge is -2.33. The molecule has 0 aliphatic carbocycles. The Hall–Kier alpha value is -3.65. The molecule has 4 aromatic rings.